The summed E-state index contributed by atoms with van der Waals surface area (Å²) < 4.78 is 10.1. The van der Waals surface area contributed by atoms with Crippen LogP contribution in [0.25, 0.3) is 0 Å². The molecule has 1 heterocycles. The first-order valence-electron chi connectivity index (χ1n) is 6.45. The number of allylic oxidation sites excluding steroid dienone is 1. The molecule has 0 radical (unpaired) electrons. The van der Waals surface area contributed by atoms with E-state index in [4.69, 9.17) is 9.47 Å². The van der Waals surface area contributed by atoms with Crippen LogP contribution in [-0.2, 0) is 14.3 Å². The van der Waals surface area contributed by atoms with Gasteiger partial charge in [0.25, 0.3) is 0 Å². The van der Waals surface area contributed by atoms with Crippen molar-refractivity contribution in [3.05, 3.63) is 12.7 Å². The van der Waals surface area contributed by atoms with Crippen LogP contribution in [0.15, 0.2) is 12.7 Å². The number of rotatable bonds is 3. The molecule has 0 bridgehead atoms. The van der Waals surface area contributed by atoms with Gasteiger partial charge < -0.3 is 14.4 Å². The van der Waals surface area contributed by atoms with Gasteiger partial charge in [-0.15, -0.1) is 6.58 Å². The quantitative estimate of drug-likeness (QED) is 0.582. The Labute approximate surface area is 114 Å². The van der Waals surface area contributed by atoms with Crippen molar-refractivity contribution >= 4 is 12.1 Å². The lowest BCUT2D eigenvalue weighted by Gasteiger charge is -2.24. The lowest BCUT2D eigenvalue weighted by molar-refractivity contribution is -0.146. The first-order chi connectivity index (χ1) is 8.78. The van der Waals surface area contributed by atoms with Crippen molar-refractivity contribution in [3.8, 4) is 0 Å². The Hall–Kier alpha value is -1.52. The summed E-state index contributed by atoms with van der Waals surface area (Å²) in [6.07, 6.45) is 2.06. The summed E-state index contributed by atoms with van der Waals surface area (Å²) in [5.41, 5.74) is -0.533. The molecule has 5 heteroatoms. The molecule has 1 rings (SSSR count). The van der Waals surface area contributed by atoms with E-state index >= 15 is 0 Å². The number of ether oxygens (including phenoxy) is 2. The van der Waals surface area contributed by atoms with Crippen LogP contribution in [0.5, 0.6) is 0 Å². The molecular formula is C14H23NO4. The Balaban J connectivity index is 2.71. The average molecular weight is 269 g/mol. The molecule has 19 heavy (non-hydrogen) atoms. The van der Waals surface area contributed by atoms with E-state index < -0.39 is 5.60 Å². The van der Waals surface area contributed by atoms with Gasteiger partial charge in [0.1, 0.15) is 5.60 Å². The van der Waals surface area contributed by atoms with Crippen molar-refractivity contribution in [1.29, 1.82) is 0 Å². The van der Waals surface area contributed by atoms with Gasteiger partial charge in [0, 0.05) is 13.1 Å². The Morgan fingerprint density at radius 2 is 2.00 bits per heavy atom. The third kappa shape index (κ3) is 4.26. The maximum Gasteiger partial charge on any atom is 0.410 e. The van der Waals surface area contributed by atoms with Crippen molar-refractivity contribution < 1.29 is 19.1 Å². The van der Waals surface area contributed by atoms with Gasteiger partial charge in [-0.25, -0.2) is 4.79 Å². The van der Waals surface area contributed by atoms with E-state index in [1.807, 2.05) is 20.8 Å². The minimum Gasteiger partial charge on any atom is -0.469 e. The van der Waals surface area contributed by atoms with E-state index in [9.17, 15) is 9.59 Å². The van der Waals surface area contributed by atoms with Gasteiger partial charge in [-0.1, -0.05) is 6.08 Å². The Morgan fingerprint density at radius 3 is 2.47 bits per heavy atom. The summed E-state index contributed by atoms with van der Waals surface area (Å²) in [7, 11) is 1.36. The molecule has 1 saturated heterocycles. The fourth-order valence-electron chi connectivity index (χ4n) is 2.22. The molecule has 0 aromatic heterocycles. The summed E-state index contributed by atoms with van der Waals surface area (Å²) >= 11 is 0. The average Bonchev–Trinajstić information content (AvgIpc) is 2.70. The van der Waals surface area contributed by atoms with Gasteiger partial charge in [-0.05, 0) is 33.1 Å². The van der Waals surface area contributed by atoms with Crippen LogP contribution in [0.1, 0.15) is 27.2 Å². The Bertz CT molecular complexity index is 359. The number of amides is 1. The zero-order valence-electron chi connectivity index (χ0n) is 12.1. The van der Waals surface area contributed by atoms with E-state index in [0.29, 0.717) is 19.5 Å². The SMILES string of the molecule is C=CC[C@H]1CN(C(=O)OC(C)(C)C)C[C@H]1C(=O)OC. The van der Waals surface area contributed by atoms with Crippen LogP contribution in [0.4, 0.5) is 4.79 Å². The molecule has 0 aromatic rings. The first-order valence-corrected chi connectivity index (χ1v) is 6.45. The molecule has 5 nitrogen and oxygen atoms in total. The maximum absolute atomic E-state index is 12.0. The smallest absolute Gasteiger partial charge is 0.410 e. The minimum atomic E-state index is -0.533. The predicted octanol–water partition coefficient (Wildman–Crippen LogP) is 2.22. The standard InChI is InChI=1S/C14H23NO4/c1-6-7-10-8-15(9-11(10)12(16)18-5)13(17)19-14(2,3)4/h6,10-11H,1,7-9H2,2-5H3/t10-,11+/m0/s1. The number of carbonyl (C=O) groups is 2. The summed E-state index contributed by atoms with van der Waals surface area (Å²) in [5.74, 6) is -0.522. The third-order valence-electron chi connectivity index (χ3n) is 3.07. The van der Waals surface area contributed by atoms with Crippen LogP contribution < -0.4 is 0 Å². The number of nitrogens with zero attached hydrogens (tertiary/aromatic N) is 1. The summed E-state index contributed by atoms with van der Waals surface area (Å²) in [4.78, 5) is 25.3. The molecule has 0 aliphatic carbocycles. The molecule has 108 valence electrons. The number of esters is 1. The highest BCUT2D eigenvalue weighted by atomic mass is 16.6. The number of carbonyl (C=O) groups excluding carboxylic acids is 2. The van der Waals surface area contributed by atoms with Gasteiger partial charge in [0.2, 0.25) is 0 Å². The van der Waals surface area contributed by atoms with E-state index in [0.717, 1.165) is 0 Å². The topological polar surface area (TPSA) is 55.8 Å². The largest absolute Gasteiger partial charge is 0.469 e. The summed E-state index contributed by atoms with van der Waals surface area (Å²) in [6.45, 7) is 9.99. The molecule has 1 aliphatic rings. The Morgan fingerprint density at radius 1 is 1.37 bits per heavy atom. The fraction of sp³-hybridized carbons (Fsp3) is 0.714. The van der Waals surface area contributed by atoms with Crippen molar-refractivity contribution in [2.75, 3.05) is 20.2 Å². The highest BCUT2D eigenvalue weighted by molar-refractivity contribution is 5.76. The summed E-state index contributed by atoms with van der Waals surface area (Å²) in [6, 6.07) is 0. The second-order valence-corrected chi connectivity index (χ2v) is 5.80. The molecule has 1 fully saturated rings. The van der Waals surface area contributed by atoms with E-state index in [-0.39, 0.29) is 23.9 Å². The number of methoxy groups -OCH3 is 1. The number of hydrogen-bond donors (Lipinski definition) is 0. The van der Waals surface area contributed by atoms with Crippen molar-refractivity contribution in [2.45, 2.75) is 32.8 Å². The molecule has 0 aromatic carbocycles. The van der Waals surface area contributed by atoms with Gasteiger partial charge in [0.15, 0.2) is 0 Å². The normalized spacial score (nSPS) is 23.1. The molecule has 0 saturated carbocycles. The number of hydrogen-bond acceptors (Lipinski definition) is 4. The van der Waals surface area contributed by atoms with Gasteiger partial charge in [0.05, 0.1) is 13.0 Å². The molecule has 1 aliphatic heterocycles. The monoisotopic (exact) mass is 269 g/mol. The zero-order valence-corrected chi connectivity index (χ0v) is 12.1. The third-order valence-corrected chi connectivity index (χ3v) is 3.07. The van der Waals surface area contributed by atoms with Crippen LogP contribution in [0, 0.1) is 11.8 Å². The lowest BCUT2D eigenvalue weighted by Crippen LogP contribution is -2.36. The highest BCUT2D eigenvalue weighted by Crippen LogP contribution is 2.28. The predicted molar refractivity (Wildman–Crippen MR) is 71.6 cm³/mol. The van der Waals surface area contributed by atoms with E-state index in [1.165, 1.54) is 7.11 Å². The lowest BCUT2D eigenvalue weighted by atomic mass is 9.93. The molecule has 1 amide bonds. The second-order valence-electron chi connectivity index (χ2n) is 5.80. The molecule has 0 unspecified atom stereocenters. The number of likely N-dealkylation sites (tertiary alicyclic amines) is 1. The van der Waals surface area contributed by atoms with Gasteiger partial charge in [-0.2, -0.15) is 0 Å². The first kappa shape index (κ1) is 15.5. The van der Waals surface area contributed by atoms with Crippen molar-refractivity contribution in [3.63, 3.8) is 0 Å². The maximum atomic E-state index is 12.0. The summed E-state index contributed by atoms with van der Waals surface area (Å²) in [5, 5.41) is 0. The van der Waals surface area contributed by atoms with Crippen LogP contribution in [-0.4, -0.2) is 42.8 Å². The second kappa shape index (κ2) is 6.08. The highest BCUT2D eigenvalue weighted by Gasteiger charge is 2.40. The molecule has 0 spiro atoms. The van der Waals surface area contributed by atoms with E-state index in [1.54, 1.807) is 11.0 Å². The minimum absolute atomic E-state index is 0.0532. The Kier molecular flexibility index (Phi) is 4.97. The fourth-order valence-corrected chi connectivity index (χ4v) is 2.22. The molecule has 0 N–H and O–H groups in total. The van der Waals surface area contributed by atoms with Gasteiger partial charge in [-0.3, -0.25) is 4.79 Å². The van der Waals surface area contributed by atoms with Crippen molar-refractivity contribution in [2.24, 2.45) is 11.8 Å². The van der Waals surface area contributed by atoms with Crippen molar-refractivity contribution in [1.82, 2.24) is 4.90 Å². The van der Waals surface area contributed by atoms with Crippen LogP contribution in [0.3, 0.4) is 0 Å². The molecular weight excluding hydrogens is 246 g/mol. The van der Waals surface area contributed by atoms with Crippen LogP contribution >= 0.6 is 0 Å². The zero-order chi connectivity index (χ0) is 14.6. The van der Waals surface area contributed by atoms with E-state index in [2.05, 4.69) is 6.58 Å². The molecule has 2 atom stereocenters. The van der Waals surface area contributed by atoms with Gasteiger partial charge >= 0.3 is 12.1 Å². The van der Waals surface area contributed by atoms with Crippen LogP contribution in [0.2, 0.25) is 0 Å².